The van der Waals surface area contributed by atoms with E-state index in [1.54, 1.807) is 14.2 Å². The molecular formula is C24H34N2O3. The third-order valence-corrected chi connectivity index (χ3v) is 5.26. The maximum atomic E-state index is 12.3. The van der Waals surface area contributed by atoms with Crippen molar-refractivity contribution in [3.8, 4) is 11.5 Å². The largest absolute Gasteiger partial charge is 0.493 e. The summed E-state index contributed by atoms with van der Waals surface area (Å²) in [4.78, 5) is 12.3. The summed E-state index contributed by atoms with van der Waals surface area (Å²) in [6, 6.07) is 15.6. The molecule has 0 heterocycles. The number of hydrogen-bond donors (Lipinski definition) is 2. The van der Waals surface area contributed by atoms with Crippen molar-refractivity contribution in [1.82, 2.24) is 10.6 Å². The molecule has 2 N–H and O–H groups in total. The van der Waals surface area contributed by atoms with Crippen LogP contribution in [-0.2, 0) is 17.8 Å². The maximum absolute atomic E-state index is 12.3. The number of ether oxygens (including phenoxy) is 2. The van der Waals surface area contributed by atoms with Gasteiger partial charge in [0.1, 0.15) is 0 Å². The molecule has 0 radical (unpaired) electrons. The number of methoxy groups -OCH3 is 1. The lowest BCUT2D eigenvalue weighted by atomic mass is 10.0. The molecular weight excluding hydrogens is 364 g/mol. The van der Waals surface area contributed by atoms with Crippen molar-refractivity contribution in [3.05, 3.63) is 59.7 Å². The molecule has 5 heteroatoms. The second kappa shape index (κ2) is 12.1. The van der Waals surface area contributed by atoms with Gasteiger partial charge in [0, 0.05) is 13.6 Å². The molecule has 0 saturated carbocycles. The van der Waals surface area contributed by atoms with E-state index in [2.05, 4.69) is 24.5 Å². The molecule has 0 aliphatic carbocycles. The van der Waals surface area contributed by atoms with Gasteiger partial charge in [-0.1, -0.05) is 63.1 Å². The van der Waals surface area contributed by atoms with E-state index in [-0.39, 0.29) is 11.9 Å². The van der Waals surface area contributed by atoms with Gasteiger partial charge in [-0.25, -0.2) is 0 Å². The van der Waals surface area contributed by atoms with Crippen molar-refractivity contribution in [2.75, 3.05) is 20.8 Å². The number of benzene rings is 2. The molecule has 29 heavy (non-hydrogen) atoms. The number of carbonyl (C=O) groups excluding carboxylic acids is 1. The molecule has 1 amide bonds. The number of carbonyl (C=O) groups is 1. The van der Waals surface area contributed by atoms with Crippen LogP contribution in [0.1, 0.15) is 37.8 Å². The zero-order chi connectivity index (χ0) is 21.1. The summed E-state index contributed by atoms with van der Waals surface area (Å²) in [5, 5.41) is 6.11. The fraction of sp³-hybridized carbons (Fsp3) is 0.458. The first kappa shape index (κ1) is 22.8. The Bertz CT molecular complexity index is 745. The Morgan fingerprint density at radius 3 is 2.34 bits per heavy atom. The van der Waals surface area contributed by atoms with E-state index in [4.69, 9.17) is 9.47 Å². The van der Waals surface area contributed by atoms with Gasteiger partial charge in [0.15, 0.2) is 11.5 Å². The van der Waals surface area contributed by atoms with Crippen LogP contribution >= 0.6 is 0 Å². The normalized spacial score (nSPS) is 11.9. The lowest BCUT2D eigenvalue weighted by Gasteiger charge is -2.19. The molecule has 0 fully saturated rings. The minimum absolute atomic E-state index is 0.0223. The standard InChI is InChI=1S/C24H34N2O3/c1-5-18(6-2)17-29-22-13-12-20(15-23(22)28-4)16-26-21(24(27)25-3)14-19-10-8-7-9-11-19/h7-13,15,18,21,26H,5-6,14,16-17H2,1-4H3,(H,25,27)/t21-/m0/s1. The van der Waals surface area contributed by atoms with Crippen molar-refractivity contribution in [1.29, 1.82) is 0 Å². The molecule has 2 aromatic carbocycles. The van der Waals surface area contributed by atoms with Crippen LogP contribution in [-0.4, -0.2) is 32.7 Å². The van der Waals surface area contributed by atoms with Gasteiger partial charge >= 0.3 is 0 Å². The Morgan fingerprint density at radius 1 is 1.00 bits per heavy atom. The lowest BCUT2D eigenvalue weighted by Crippen LogP contribution is -2.44. The quantitative estimate of drug-likeness (QED) is 0.568. The molecule has 0 aliphatic rings. The first-order valence-corrected chi connectivity index (χ1v) is 10.4. The van der Waals surface area contributed by atoms with E-state index in [0.29, 0.717) is 25.5 Å². The molecule has 0 unspecified atom stereocenters. The van der Waals surface area contributed by atoms with Crippen LogP contribution in [0.3, 0.4) is 0 Å². The summed E-state index contributed by atoms with van der Waals surface area (Å²) in [6.45, 7) is 5.62. The Hall–Kier alpha value is -2.53. The van der Waals surface area contributed by atoms with Crippen LogP contribution in [0.25, 0.3) is 0 Å². The second-order valence-corrected chi connectivity index (χ2v) is 7.22. The van der Waals surface area contributed by atoms with Gasteiger partial charge in [-0.05, 0) is 35.6 Å². The number of rotatable bonds is 12. The van der Waals surface area contributed by atoms with Crippen LogP contribution in [0.5, 0.6) is 11.5 Å². The highest BCUT2D eigenvalue weighted by molar-refractivity contribution is 5.81. The monoisotopic (exact) mass is 398 g/mol. The van der Waals surface area contributed by atoms with E-state index in [9.17, 15) is 4.79 Å². The summed E-state index contributed by atoms with van der Waals surface area (Å²) < 4.78 is 11.5. The fourth-order valence-electron chi connectivity index (χ4n) is 3.20. The van der Waals surface area contributed by atoms with Crippen LogP contribution in [0, 0.1) is 5.92 Å². The molecule has 0 aliphatic heterocycles. The second-order valence-electron chi connectivity index (χ2n) is 7.22. The first-order valence-electron chi connectivity index (χ1n) is 10.4. The topological polar surface area (TPSA) is 59.6 Å². The number of likely N-dealkylation sites (N-methyl/N-ethyl adjacent to an activating group) is 1. The first-order chi connectivity index (χ1) is 14.1. The van der Waals surface area contributed by atoms with E-state index in [0.717, 1.165) is 35.5 Å². The third-order valence-electron chi connectivity index (χ3n) is 5.26. The van der Waals surface area contributed by atoms with E-state index in [1.807, 2.05) is 48.5 Å². The fourth-order valence-corrected chi connectivity index (χ4v) is 3.20. The van der Waals surface area contributed by atoms with Gasteiger partial charge in [0.2, 0.25) is 5.91 Å². The number of nitrogens with one attached hydrogen (secondary N) is 2. The minimum Gasteiger partial charge on any atom is -0.493 e. The number of hydrogen-bond acceptors (Lipinski definition) is 4. The van der Waals surface area contributed by atoms with E-state index >= 15 is 0 Å². The third kappa shape index (κ3) is 7.09. The Morgan fingerprint density at radius 2 is 1.72 bits per heavy atom. The number of amides is 1. The molecule has 2 rings (SSSR count). The highest BCUT2D eigenvalue weighted by Crippen LogP contribution is 2.29. The van der Waals surface area contributed by atoms with Gasteiger partial charge < -0.3 is 20.1 Å². The summed E-state index contributed by atoms with van der Waals surface area (Å²) in [5.74, 6) is 2.00. The molecule has 0 bridgehead atoms. The van der Waals surface area contributed by atoms with Gasteiger partial charge in [0.05, 0.1) is 19.8 Å². The molecule has 2 aromatic rings. The van der Waals surface area contributed by atoms with Crippen LogP contribution < -0.4 is 20.1 Å². The zero-order valence-electron chi connectivity index (χ0n) is 18.0. The van der Waals surface area contributed by atoms with Crippen molar-refractivity contribution in [2.45, 2.75) is 45.7 Å². The van der Waals surface area contributed by atoms with Crippen molar-refractivity contribution in [2.24, 2.45) is 5.92 Å². The van der Waals surface area contributed by atoms with Crippen LogP contribution in [0.2, 0.25) is 0 Å². The smallest absolute Gasteiger partial charge is 0.237 e. The summed E-state index contributed by atoms with van der Waals surface area (Å²) >= 11 is 0. The van der Waals surface area contributed by atoms with Crippen LogP contribution in [0.4, 0.5) is 0 Å². The highest BCUT2D eigenvalue weighted by atomic mass is 16.5. The average molecular weight is 399 g/mol. The molecule has 0 aromatic heterocycles. The molecule has 0 saturated heterocycles. The SMILES string of the molecule is CCC(CC)COc1ccc(CN[C@@H](Cc2ccccc2)C(=O)NC)cc1OC. The Kier molecular flexibility index (Phi) is 9.51. The van der Waals surface area contributed by atoms with E-state index < -0.39 is 0 Å². The van der Waals surface area contributed by atoms with Gasteiger partial charge in [-0.15, -0.1) is 0 Å². The van der Waals surface area contributed by atoms with Gasteiger partial charge in [-0.3, -0.25) is 4.79 Å². The van der Waals surface area contributed by atoms with Crippen molar-refractivity contribution >= 4 is 5.91 Å². The van der Waals surface area contributed by atoms with Gasteiger partial charge in [0.25, 0.3) is 0 Å². The Balaban J connectivity index is 2.02. The van der Waals surface area contributed by atoms with E-state index in [1.165, 1.54) is 0 Å². The predicted molar refractivity (Wildman–Crippen MR) is 117 cm³/mol. The van der Waals surface area contributed by atoms with Crippen LogP contribution in [0.15, 0.2) is 48.5 Å². The Labute approximate surface area is 174 Å². The molecule has 5 nitrogen and oxygen atoms in total. The van der Waals surface area contributed by atoms with Crippen molar-refractivity contribution in [3.63, 3.8) is 0 Å². The molecule has 0 spiro atoms. The summed E-state index contributed by atoms with van der Waals surface area (Å²) in [5.41, 5.74) is 2.16. The van der Waals surface area contributed by atoms with Crippen molar-refractivity contribution < 1.29 is 14.3 Å². The van der Waals surface area contributed by atoms with Gasteiger partial charge in [-0.2, -0.15) is 0 Å². The minimum atomic E-state index is -0.306. The zero-order valence-corrected chi connectivity index (χ0v) is 18.0. The molecule has 1 atom stereocenters. The maximum Gasteiger partial charge on any atom is 0.237 e. The lowest BCUT2D eigenvalue weighted by molar-refractivity contribution is -0.122. The predicted octanol–water partition coefficient (Wildman–Crippen LogP) is 3.96. The highest BCUT2D eigenvalue weighted by Gasteiger charge is 2.17. The average Bonchev–Trinajstić information content (AvgIpc) is 2.77. The summed E-state index contributed by atoms with van der Waals surface area (Å²) in [7, 11) is 3.32. The molecule has 158 valence electrons. The summed E-state index contributed by atoms with van der Waals surface area (Å²) in [6.07, 6.45) is 2.83.